The standard InChI is InChI=1S/C25H21NO7S/c1-15-4-10-19(11-5-15)34(29,30)26-18-8-6-16(7-9-18)24(27)20-12-17-13-22(31-2)23(32-3)14-21(17)33-25(20)28/h4-14,26H,1-3H3. The number of fused-ring (bicyclic) bond motifs is 1. The zero-order valence-electron chi connectivity index (χ0n) is 18.6. The molecular formula is C25H21NO7S. The second-order valence-electron chi connectivity index (χ2n) is 7.52. The van der Waals surface area contributed by atoms with Gasteiger partial charge in [-0.3, -0.25) is 9.52 Å². The van der Waals surface area contributed by atoms with Crippen LogP contribution in [0.2, 0.25) is 0 Å². The number of ketones is 1. The molecule has 3 aromatic carbocycles. The molecule has 0 aliphatic carbocycles. The second kappa shape index (κ2) is 9.03. The molecule has 1 aromatic heterocycles. The molecule has 8 nitrogen and oxygen atoms in total. The van der Waals surface area contributed by atoms with Crippen molar-refractivity contribution in [3.8, 4) is 11.5 Å². The quantitative estimate of drug-likeness (QED) is 0.313. The van der Waals surface area contributed by atoms with Gasteiger partial charge in [0, 0.05) is 22.7 Å². The lowest BCUT2D eigenvalue weighted by molar-refractivity contribution is 0.103. The predicted octanol–water partition coefficient (Wildman–Crippen LogP) is 4.15. The third-order valence-corrected chi connectivity index (χ3v) is 6.61. The first-order valence-electron chi connectivity index (χ1n) is 10.2. The average molecular weight is 480 g/mol. The molecule has 0 aliphatic rings. The maximum Gasteiger partial charge on any atom is 0.347 e. The number of anilines is 1. The van der Waals surface area contributed by atoms with Crippen molar-refractivity contribution in [2.24, 2.45) is 0 Å². The first kappa shape index (κ1) is 23.1. The monoisotopic (exact) mass is 479 g/mol. The van der Waals surface area contributed by atoms with Crippen LogP contribution in [0, 0.1) is 6.92 Å². The smallest absolute Gasteiger partial charge is 0.347 e. The fraction of sp³-hybridized carbons (Fsp3) is 0.120. The molecule has 0 atom stereocenters. The molecule has 0 saturated carbocycles. The van der Waals surface area contributed by atoms with Gasteiger partial charge in [0.25, 0.3) is 10.0 Å². The largest absolute Gasteiger partial charge is 0.493 e. The molecule has 1 N–H and O–H groups in total. The minimum absolute atomic E-state index is 0.124. The Morgan fingerprint density at radius 2 is 1.50 bits per heavy atom. The fourth-order valence-corrected chi connectivity index (χ4v) is 4.44. The summed E-state index contributed by atoms with van der Waals surface area (Å²) >= 11 is 0. The van der Waals surface area contributed by atoms with Gasteiger partial charge in [-0.1, -0.05) is 17.7 Å². The highest BCUT2D eigenvalue weighted by Gasteiger charge is 2.19. The van der Waals surface area contributed by atoms with Gasteiger partial charge in [-0.05, 0) is 55.5 Å². The lowest BCUT2D eigenvalue weighted by Gasteiger charge is -2.10. The molecule has 1 heterocycles. The number of hydrogen-bond donors (Lipinski definition) is 1. The van der Waals surface area contributed by atoms with Gasteiger partial charge < -0.3 is 13.9 Å². The van der Waals surface area contributed by atoms with Crippen molar-refractivity contribution in [2.75, 3.05) is 18.9 Å². The number of methoxy groups -OCH3 is 2. The summed E-state index contributed by atoms with van der Waals surface area (Å²) < 4.78 is 43.4. The summed E-state index contributed by atoms with van der Waals surface area (Å²) in [7, 11) is -0.843. The fourth-order valence-electron chi connectivity index (χ4n) is 3.38. The van der Waals surface area contributed by atoms with E-state index < -0.39 is 21.4 Å². The summed E-state index contributed by atoms with van der Waals surface area (Å²) in [5.74, 6) is 0.256. The summed E-state index contributed by atoms with van der Waals surface area (Å²) in [4.78, 5) is 25.6. The van der Waals surface area contributed by atoms with Crippen LogP contribution in [0.25, 0.3) is 11.0 Å². The second-order valence-corrected chi connectivity index (χ2v) is 9.20. The Labute approximate surface area is 195 Å². The van der Waals surface area contributed by atoms with Crippen LogP contribution in [0.4, 0.5) is 5.69 Å². The maximum atomic E-state index is 13.0. The van der Waals surface area contributed by atoms with Gasteiger partial charge in [-0.25, -0.2) is 13.2 Å². The average Bonchev–Trinajstić information content (AvgIpc) is 2.83. The number of rotatable bonds is 7. The lowest BCUT2D eigenvalue weighted by atomic mass is 10.0. The summed E-state index contributed by atoms with van der Waals surface area (Å²) in [5, 5.41) is 0.489. The van der Waals surface area contributed by atoms with Gasteiger partial charge in [-0.2, -0.15) is 0 Å². The molecule has 174 valence electrons. The van der Waals surface area contributed by atoms with E-state index in [0.717, 1.165) is 5.56 Å². The highest BCUT2D eigenvalue weighted by Crippen LogP contribution is 2.32. The number of carbonyl (C=O) groups is 1. The number of carbonyl (C=O) groups excluding carboxylic acids is 1. The molecule has 0 unspecified atom stereocenters. The van der Waals surface area contributed by atoms with E-state index in [-0.39, 0.29) is 27.3 Å². The third kappa shape index (κ3) is 4.51. The van der Waals surface area contributed by atoms with Crippen molar-refractivity contribution in [3.05, 3.63) is 93.8 Å². The molecule has 4 rings (SSSR count). The Bertz CT molecular complexity index is 1540. The third-order valence-electron chi connectivity index (χ3n) is 5.21. The summed E-state index contributed by atoms with van der Waals surface area (Å²) in [5.41, 5.74) is 0.712. The van der Waals surface area contributed by atoms with Crippen LogP contribution in [0.3, 0.4) is 0 Å². The summed E-state index contributed by atoms with van der Waals surface area (Å²) in [6, 6.07) is 16.8. The Morgan fingerprint density at radius 1 is 0.882 bits per heavy atom. The molecule has 0 aliphatic heterocycles. The predicted molar refractivity (Wildman–Crippen MR) is 127 cm³/mol. The van der Waals surface area contributed by atoms with E-state index in [2.05, 4.69) is 4.72 Å². The van der Waals surface area contributed by atoms with Gasteiger partial charge in [0.1, 0.15) is 11.1 Å². The van der Waals surface area contributed by atoms with Crippen LogP contribution in [0.5, 0.6) is 11.5 Å². The summed E-state index contributed by atoms with van der Waals surface area (Å²) in [6.45, 7) is 1.86. The van der Waals surface area contributed by atoms with E-state index in [1.54, 1.807) is 18.2 Å². The lowest BCUT2D eigenvalue weighted by Crippen LogP contribution is -2.15. The first-order chi connectivity index (χ1) is 16.2. The van der Waals surface area contributed by atoms with Gasteiger partial charge in [-0.15, -0.1) is 0 Å². The highest BCUT2D eigenvalue weighted by atomic mass is 32.2. The zero-order chi connectivity index (χ0) is 24.5. The normalized spacial score (nSPS) is 11.3. The molecule has 34 heavy (non-hydrogen) atoms. The Hall–Kier alpha value is -4.11. The molecule has 0 saturated heterocycles. The van der Waals surface area contributed by atoms with Crippen molar-refractivity contribution in [2.45, 2.75) is 11.8 Å². The van der Waals surface area contributed by atoms with Gasteiger partial charge in [0.05, 0.1) is 19.1 Å². The molecule has 0 bridgehead atoms. The van der Waals surface area contributed by atoms with Gasteiger partial charge in [0.2, 0.25) is 0 Å². The maximum absolute atomic E-state index is 13.0. The van der Waals surface area contributed by atoms with E-state index in [4.69, 9.17) is 13.9 Å². The van der Waals surface area contributed by atoms with Crippen LogP contribution in [0.15, 0.2) is 80.8 Å². The van der Waals surface area contributed by atoms with Gasteiger partial charge >= 0.3 is 5.63 Å². The van der Waals surface area contributed by atoms with Crippen molar-refractivity contribution in [1.29, 1.82) is 0 Å². The van der Waals surface area contributed by atoms with Crippen molar-refractivity contribution < 1.29 is 27.1 Å². The van der Waals surface area contributed by atoms with Crippen LogP contribution in [0.1, 0.15) is 21.5 Å². The molecule has 9 heteroatoms. The topological polar surface area (TPSA) is 112 Å². The molecule has 0 radical (unpaired) electrons. The van der Waals surface area contributed by atoms with Crippen LogP contribution >= 0.6 is 0 Å². The van der Waals surface area contributed by atoms with Crippen molar-refractivity contribution in [3.63, 3.8) is 0 Å². The van der Waals surface area contributed by atoms with Crippen LogP contribution in [-0.2, 0) is 10.0 Å². The summed E-state index contributed by atoms with van der Waals surface area (Å²) in [6.07, 6.45) is 0. The molecule has 0 fully saturated rings. The zero-order valence-corrected chi connectivity index (χ0v) is 19.4. The van der Waals surface area contributed by atoms with Crippen molar-refractivity contribution in [1.82, 2.24) is 0 Å². The number of ether oxygens (including phenoxy) is 2. The molecule has 0 amide bonds. The SMILES string of the molecule is COc1cc2cc(C(=O)c3ccc(NS(=O)(=O)c4ccc(C)cc4)cc3)c(=O)oc2cc1OC. The van der Waals surface area contributed by atoms with E-state index in [0.29, 0.717) is 16.9 Å². The van der Waals surface area contributed by atoms with Gasteiger partial charge in [0.15, 0.2) is 17.3 Å². The minimum atomic E-state index is -3.78. The van der Waals surface area contributed by atoms with Crippen molar-refractivity contribution >= 4 is 32.5 Å². The Kier molecular flexibility index (Phi) is 6.12. The first-order valence-corrected chi connectivity index (χ1v) is 11.6. The van der Waals surface area contributed by atoms with E-state index in [1.807, 2.05) is 6.92 Å². The number of benzene rings is 3. The number of aryl methyl sites for hydroxylation is 1. The molecule has 4 aromatic rings. The number of sulfonamides is 1. The Balaban J connectivity index is 1.61. The Morgan fingerprint density at radius 3 is 2.12 bits per heavy atom. The molecule has 0 spiro atoms. The minimum Gasteiger partial charge on any atom is -0.493 e. The number of hydrogen-bond acceptors (Lipinski definition) is 7. The van der Waals surface area contributed by atoms with Crippen LogP contribution < -0.4 is 19.8 Å². The van der Waals surface area contributed by atoms with E-state index in [9.17, 15) is 18.0 Å². The molecular weight excluding hydrogens is 458 g/mol. The van der Waals surface area contributed by atoms with E-state index in [1.165, 1.54) is 62.8 Å². The van der Waals surface area contributed by atoms with Crippen LogP contribution in [-0.4, -0.2) is 28.4 Å². The number of nitrogens with one attached hydrogen (secondary N) is 1. The highest BCUT2D eigenvalue weighted by molar-refractivity contribution is 7.92. The van der Waals surface area contributed by atoms with E-state index >= 15 is 0 Å².